The number of amides is 1. The highest BCUT2D eigenvalue weighted by atomic mass is 16.6. The molecule has 0 rings (SSSR count). The molecule has 0 aromatic rings. The van der Waals surface area contributed by atoms with Gasteiger partial charge in [-0.15, -0.1) is 0 Å². The Kier molecular flexibility index (Phi) is 7.19. The zero-order valence-corrected chi connectivity index (χ0v) is 12.5. The van der Waals surface area contributed by atoms with Crippen LogP contribution in [0.5, 0.6) is 0 Å². The highest BCUT2D eigenvalue weighted by Crippen LogP contribution is 2.15. The number of carbonyl (C=O) groups is 2. The van der Waals surface area contributed by atoms with Crippen molar-refractivity contribution in [2.45, 2.75) is 52.7 Å². The second kappa shape index (κ2) is 7.81. The lowest BCUT2D eigenvalue weighted by molar-refractivity contribution is -0.140. The van der Waals surface area contributed by atoms with Crippen LogP contribution in [0.2, 0.25) is 0 Å². The molecule has 1 N–H and O–H groups in total. The molecule has 5 heteroatoms. The number of hydrogen-bond acceptors (Lipinski definition) is 4. The van der Waals surface area contributed by atoms with E-state index >= 15 is 0 Å². The summed E-state index contributed by atoms with van der Waals surface area (Å²) in [6.45, 7) is 13.1. The molecule has 110 valence electrons. The second-order valence-electron chi connectivity index (χ2n) is 5.27. The molecule has 0 saturated carbocycles. The topological polar surface area (TPSA) is 64.6 Å². The van der Waals surface area contributed by atoms with E-state index in [9.17, 15) is 9.59 Å². The van der Waals surface area contributed by atoms with E-state index < -0.39 is 18.2 Å². The number of hydrogen-bond donors (Lipinski definition) is 1. The van der Waals surface area contributed by atoms with Crippen LogP contribution < -0.4 is 5.32 Å². The van der Waals surface area contributed by atoms with E-state index in [2.05, 4.69) is 11.9 Å². The van der Waals surface area contributed by atoms with Crippen molar-refractivity contribution in [3.63, 3.8) is 0 Å². The van der Waals surface area contributed by atoms with Crippen molar-refractivity contribution >= 4 is 12.1 Å². The van der Waals surface area contributed by atoms with Crippen molar-refractivity contribution in [1.82, 2.24) is 5.32 Å². The number of rotatable bonds is 7. The molecule has 0 bridgehead atoms. The van der Waals surface area contributed by atoms with Crippen molar-refractivity contribution in [2.24, 2.45) is 5.92 Å². The molecular weight excluding hydrogens is 246 g/mol. The first kappa shape index (κ1) is 17.5. The summed E-state index contributed by atoms with van der Waals surface area (Å²) in [6.07, 6.45) is 0.696. The van der Waals surface area contributed by atoms with E-state index in [1.807, 2.05) is 34.6 Å². The molecule has 0 aromatic carbocycles. The van der Waals surface area contributed by atoms with Crippen LogP contribution in [0.4, 0.5) is 4.79 Å². The number of nitrogens with one attached hydrogen (secondary N) is 1. The fourth-order valence-electron chi connectivity index (χ4n) is 1.06. The van der Waals surface area contributed by atoms with Crippen molar-refractivity contribution in [3.05, 3.63) is 12.7 Å². The fraction of sp³-hybridized carbons (Fsp3) is 0.714. The Labute approximate surface area is 115 Å². The Hall–Kier alpha value is -1.52. The first-order valence-corrected chi connectivity index (χ1v) is 6.50. The lowest BCUT2D eigenvalue weighted by Crippen LogP contribution is -2.48. The molecule has 0 aromatic heterocycles. The SMILES string of the molecule is C=CC(=O)OCC(CC)OC(=O)NC(C)(C)C(C)C. The van der Waals surface area contributed by atoms with E-state index in [0.29, 0.717) is 6.42 Å². The molecule has 1 amide bonds. The van der Waals surface area contributed by atoms with E-state index in [0.717, 1.165) is 6.08 Å². The maximum atomic E-state index is 11.8. The standard InChI is InChI=1S/C14H25NO4/c1-7-11(9-18-12(16)8-2)19-13(17)15-14(5,6)10(3)4/h8,10-11H,2,7,9H2,1,3-6H3,(H,15,17). The van der Waals surface area contributed by atoms with Gasteiger partial charge in [-0.05, 0) is 26.2 Å². The van der Waals surface area contributed by atoms with Gasteiger partial charge in [-0.3, -0.25) is 0 Å². The zero-order chi connectivity index (χ0) is 15.1. The van der Waals surface area contributed by atoms with Gasteiger partial charge in [-0.1, -0.05) is 27.4 Å². The normalized spacial score (nSPS) is 12.7. The van der Waals surface area contributed by atoms with E-state index in [1.165, 1.54) is 0 Å². The van der Waals surface area contributed by atoms with Crippen LogP contribution in [0.3, 0.4) is 0 Å². The average Bonchev–Trinajstić information content (AvgIpc) is 2.32. The van der Waals surface area contributed by atoms with Gasteiger partial charge in [0.05, 0.1) is 0 Å². The van der Waals surface area contributed by atoms with Gasteiger partial charge in [-0.25, -0.2) is 9.59 Å². The third-order valence-corrected chi connectivity index (χ3v) is 3.17. The Morgan fingerprint density at radius 2 is 1.95 bits per heavy atom. The second-order valence-corrected chi connectivity index (χ2v) is 5.27. The predicted octanol–water partition coefficient (Wildman–Crippen LogP) is 2.66. The molecule has 0 aliphatic rings. The molecule has 1 unspecified atom stereocenters. The van der Waals surface area contributed by atoms with E-state index in [-0.39, 0.29) is 18.1 Å². The smallest absolute Gasteiger partial charge is 0.407 e. The van der Waals surface area contributed by atoms with Crippen LogP contribution in [-0.2, 0) is 14.3 Å². The molecule has 0 radical (unpaired) electrons. The maximum Gasteiger partial charge on any atom is 0.407 e. The van der Waals surface area contributed by atoms with Gasteiger partial charge in [0.25, 0.3) is 0 Å². The Balaban J connectivity index is 4.27. The van der Waals surface area contributed by atoms with Crippen LogP contribution in [0, 0.1) is 5.92 Å². The molecule has 0 saturated heterocycles. The van der Waals surface area contributed by atoms with Gasteiger partial charge in [0, 0.05) is 11.6 Å². The minimum Gasteiger partial charge on any atom is -0.459 e. The fourth-order valence-corrected chi connectivity index (χ4v) is 1.06. The molecule has 19 heavy (non-hydrogen) atoms. The van der Waals surface area contributed by atoms with Crippen LogP contribution in [0.25, 0.3) is 0 Å². The Morgan fingerprint density at radius 3 is 2.37 bits per heavy atom. The molecule has 0 fully saturated rings. The maximum absolute atomic E-state index is 11.8. The summed E-state index contributed by atoms with van der Waals surface area (Å²) in [5.74, 6) is -0.247. The molecule has 0 aliphatic carbocycles. The van der Waals surface area contributed by atoms with Crippen molar-refractivity contribution in [1.29, 1.82) is 0 Å². The number of carbonyl (C=O) groups excluding carboxylic acids is 2. The van der Waals surface area contributed by atoms with Crippen molar-refractivity contribution < 1.29 is 19.1 Å². The highest BCUT2D eigenvalue weighted by Gasteiger charge is 2.26. The lowest BCUT2D eigenvalue weighted by atomic mass is 9.91. The summed E-state index contributed by atoms with van der Waals surface area (Å²) in [7, 11) is 0. The number of alkyl carbamates (subject to hydrolysis) is 1. The summed E-state index contributed by atoms with van der Waals surface area (Å²) >= 11 is 0. The van der Waals surface area contributed by atoms with Gasteiger partial charge in [-0.2, -0.15) is 0 Å². The minimum absolute atomic E-state index is 0.0386. The molecule has 0 spiro atoms. The monoisotopic (exact) mass is 271 g/mol. The van der Waals surface area contributed by atoms with E-state index in [1.54, 1.807) is 0 Å². The lowest BCUT2D eigenvalue weighted by Gasteiger charge is -2.30. The molecule has 0 aliphatic heterocycles. The quantitative estimate of drug-likeness (QED) is 0.571. The Bertz CT molecular complexity index is 323. The molecule has 5 nitrogen and oxygen atoms in total. The summed E-state index contributed by atoms with van der Waals surface area (Å²) < 4.78 is 10.1. The summed E-state index contributed by atoms with van der Waals surface area (Å²) in [6, 6.07) is 0. The Morgan fingerprint density at radius 1 is 1.37 bits per heavy atom. The van der Waals surface area contributed by atoms with Crippen LogP contribution in [0.1, 0.15) is 41.0 Å². The minimum atomic E-state index is -0.523. The predicted molar refractivity (Wildman–Crippen MR) is 73.8 cm³/mol. The summed E-state index contributed by atoms with van der Waals surface area (Å²) in [5.41, 5.74) is -0.354. The van der Waals surface area contributed by atoms with Crippen LogP contribution >= 0.6 is 0 Å². The molecule has 0 heterocycles. The third kappa shape index (κ3) is 6.84. The average molecular weight is 271 g/mol. The number of ether oxygens (including phenoxy) is 2. The summed E-state index contributed by atoms with van der Waals surface area (Å²) in [4.78, 5) is 22.7. The van der Waals surface area contributed by atoms with E-state index in [4.69, 9.17) is 9.47 Å². The number of esters is 1. The zero-order valence-electron chi connectivity index (χ0n) is 12.5. The summed E-state index contributed by atoms with van der Waals surface area (Å²) in [5, 5.41) is 2.80. The third-order valence-electron chi connectivity index (χ3n) is 3.17. The molecule has 1 atom stereocenters. The molecular formula is C14H25NO4. The van der Waals surface area contributed by atoms with Gasteiger partial charge < -0.3 is 14.8 Å². The van der Waals surface area contributed by atoms with Crippen LogP contribution in [-0.4, -0.2) is 30.3 Å². The highest BCUT2D eigenvalue weighted by molar-refractivity contribution is 5.81. The first-order chi connectivity index (χ1) is 8.72. The van der Waals surface area contributed by atoms with Gasteiger partial charge in [0.1, 0.15) is 12.7 Å². The van der Waals surface area contributed by atoms with Crippen LogP contribution in [0.15, 0.2) is 12.7 Å². The largest absolute Gasteiger partial charge is 0.459 e. The van der Waals surface area contributed by atoms with Gasteiger partial charge in [0.15, 0.2) is 0 Å². The van der Waals surface area contributed by atoms with Gasteiger partial charge in [0.2, 0.25) is 0 Å². The van der Waals surface area contributed by atoms with Crippen molar-refractivity contribution in [2.75, 3.05) is 6.61 Å². The van der Waals surface area contributed by atoms with Crippen molar-refractivity contribution in [3.8, 4) is 0 Å². The first-order valence-electron chi connectivity index (χ1n) is 6.50. The van der Waals surface area contributed by atoms with Gasteiger partial charge >= 0.3 is 12.1 Å².